The Bertz CT molecular complexity index is 1190. The molecule has 1 aromatic heterocycles. The van der Waals surface area contributed by atoms with Crippen LogP contribution in [0.2, 0.25) is 0 Å². The molecule has 1 N–H and O–H groups in total. The molecule has 3 aromatic carbocycles. The average Bonchev–Trinajstić information content (AvgIpc) is 2.78. The number of carbonyl (C=O) groups is 1. The number of amides is 1. The van der Waals surface area contributed by atoms with Crippen molar-refractivity contribution in [1.82, 2.24) is 4.98 Å². The van der Waals surface area contributed by atoms with Gasteiger partial charge in [-0.1, -0.05) is 54.1 Å². The lowest BCUT2D eigenvalue weighted by Gasteiger charge is -2.13. The molecule has 0 bridgehead atoms. The van der Waals surface area contributed by atoms with Crippen LogP contribution in [0.5, 0.6) is 11.5 Å². The number of hydrogen-bond acceptors (Lipinski definition) is 4. The maximum Gasteiger partial charge on any atom is 0.262 e. The number of aromatic nitrogens is 1. The molecule has 0 unspecified atom stereocenters. The second-order valence-electron chi connectivity index (χ2n) is 6.93. The lowest BCUT2D eigenvalue weighted by Crippen LogP contribution is -2.20. The summed E-state index contributed by atoms with van der Waals surface area (Å²) in [5.41, 5.74) is 4.40. The highest BCUT2D eigenvalue weighted by molar-refractivity contribution is 5.94. The zero-order valence-electron chi connectivity index (χ0n) is 16.9. The summed E-state index contributed by atoms with van der Waals surface area (Å²) in [6.07, 6.45) is 0. The fourth-order valence-corrected chi connectivity index (χ4v) is 3.21. The average molecular weight is 398 g/mol. The molecule has 0 saturated carbocycles. The van der Waals surface area contributed by atoms with Crippen molar-refractivity contribution in [1.29, 1.82) is 0 Å². The molecule has 0 atom stereocenters. The largest absolute Gasteiger partial charge is 0.495 e. The number of fused-ring (bicyclic) bond motifs is 1. The Hall–Kier alpha value is -3.86. The smallest absolute Gasteiger partial charge is 0.262 e. The quantitative estimate of drug-likeness (QED) is 0.483. The predicted octanol–water partition coefficient (Wildman–Crippen LogP) is 5.24. The van der Waals surface area contributed by atoms with E-state index in [0.717, 1.165) is 22.2 Å². The molecule has 1 heterocycles. The van der Waals surface area contributed by atoms with Crippen molar-refractivity contribution in [2.75, 3.05) is 19.0 Å². The first-order valence-electron chi connectivity index (χ1n) is 9.66. The Morgan fingerprint density at radius 2 is 1.67 bits per heavy atom. The number of methoxy groups -OCH3 is 1. The topological polar surface area (TPSA) is 60.5 Å². The molecule has 0 saturated heterocycles. The normalized spacial score (nSPS) is 10.6. The number of rotatable bonds is 6. The van der Waals surface area contributed by atoms with Crippen molar-refractivity contribution in [3.8, 4) is 22.8 Å². The third kappa shape index (κ3) is 4.25. The van der Waals surface area contributed by atoms with Gasteiger partial charge < -0.3 is 14.8 Å². The first-order valence-corrected chi connectivity index (χ1v) is 9.66. The molecule has 5 nitrogen and oxygen atoms in total. The Balaban J connectivity index is 1.58. The van der Waals surface area contributed by atoms with Crippen LogP contribution in [0.3, 0.4) is 0 Å². The number of hydrogen-bond donors (Lipinski definition) is 1. The minimum Gasteiger partial charge on any atom is -0.495 e. The Labute approximate surface area is 175 Å². The van der Waals surface area contributed by atoms with Gasteiger partial charge in [0.25, 0.3) is 5.91 Å². The summed E-state index contributed by atoms with van der Waals surface area (Å²) >= 11 is 0. The highest BCUT2D eigenvalue weighted by Crippen LogP contribution is 2.30. The molecular weight excluding hydrogens is 376 g/mol. The fourth-order valence-electron chi connectivity index (χ4n) is 3.21. The molecule has 0 spiro atoms. The molecule has 0 aliphatic carbocycles. The minimum absolute atomic E-state index is 0.126. The van der Waals surface area contributed by atoms with Crippen molar-refractivity contribution in [3.05, 3.63) is 84.4 Å². The molecule has 0 aliphatic rings. The van der Waals surface area contributed by atoms with Crippen LogP contribution in [0, 0.1) is 6.92 Å². The number of nitrogens with zero attached hydrogens (tertiary/aromatic N) is 1. The van der Waals surface area contributed by atoms with Gasteiger partial charge in [-0.25, -0.2) is 4.98 Å². The van der Waals surface area contributed by atoms with E-state index in [9.17, 15) is 4.79 Å². The van der Waals surface area contributed by atoms with Crippen molar-refractivity contribution >= 4 is 22.5 Å². The second-order valence-corrected chi connectivity index (χ2v) is 6.93. The van der Waals surface area contributed by atoms with Crippen LogP contribution in [0.15, 0.2) is 78.9 Å². The predicted molar refractivity (Wildman–Crippen MR) is 119 cm³/mol. The molecule has 30 heavy (non-hydrogen) atoms. The number of carbonyl (C=O) groups excluding carboxylic acids is 1. The zero-order valence-corrected chi connectivity index (χ0v) is 16.9. The van der Waals surface area contributed by atoms with Gasteiger partial charge in [-0.05, 0) is 31.2 Å². The first-order chi connectivity index (χ1) is 14.6. The number of anilines is 1. The molecule has 0 radical (unpaired) electrons. The van der Waals surface area contributed by atoms with E-state index in [0.29, 0.717) is 17.2 Å². The van der Waals surface area contributed by atoms with Gasteiger partial charge in [-0.3, -0.25) is 4.79 Å². The van der Waals surface area contributed by atoms with Gasteiger partial charge in [0.2, 0.25) is 0 Å². The maximum absolute atomic E-state index is 12.5. The van der Waals surface area contributed by atoms with E-state index >= 15 is 0 Å². The van der Waals surface area contributed by atoms with Gasteiger partial charge in [0.05, 0.1) is 24.0 Å². The molecule has 0 aliphatic heterocycles. The van der Waals surface area contributed by atoms with Crippen molar-refractivity contribution in [3.63, 3.8) is 0 Å². The third-order valence-corrected chi connectivity index (χ3v) is 4.77. The Morgan fingerprint density at radius 3 is 2.47 bits per heavy atom. The summed E-state index contributed by atoms with van der Waals surface area (Å²) in [7, 11) is 1.57. The lowest BCUT2D eigenvalue weighted by molar-refractivity contribution is -0.118. The fraction of sp³-hybridized carbons (Fsp3) is 0.120. The summed E-state index contributed by atoms with van der Waals surface area (Å²) < 4.78 is 11.2. The summed E-state index contributed by atoms with van der Waals surface area (Å²) in [6.45, 7) is 1.92. The summed E-state index contributed by atoms with van der Waals surface area (Å²) in [5.74, 6) is 0.950. The van der Waals surface area contributed by atoms with E-state index in [1.54, 1.807) is 19.2 Å². The third-order valence-electron chi connectivity index (χ3n) is 4.77. The lowest BCUT2D eigenvalue weighted by atomic mass is 10.1. The highest BCUT2D eigenvalue weighted by atomic mass is 16.5. The minimum atomic E-state index is -0.266. The van der Waals surface area contributed by atoms with Crippen LogP contribution in [0.25, 0.3) is 22.2 Å². The summed E-state index contributed by atoms with van der Waals surface area (Å²) in [5, 5.41) is 3.69. The molecule has 4 aromatic rings. The SMILES string of the molecule is COc1ccccc1NC(=O)COc1cc(-c2ccc(C)cc2)nc2ccccc12. The first kappa shape index (κ1) is 19.5. The van der Waals surface area contributed by atoms with Crippen molar-refractivity contribution in [2.45, 2.75) is 6.92 Å². The number of para-hydroxylation sites is 3. The monoisotopic (exact) mass is 398 g/mol. The Morgan fingerprint density at radius 1 is 0.933 bits per heavy atom. The van der Waals surface area contributed by atoms with E-state index in [1.807, 2.05) is 73.7 Å². The zero-order chi connectivity index (χ0) is 20.9. The molecule has 5 heteroatoms. The number of benzene rings is 3. The molecular formula is C25H22N2O3. The van der Waals surface area contributed by atoms with Crippen LogP contribution in [-0.2, 0) is 4.79 Å². The van der Waals surface area contributed by atoms with Crippen LogP contribution < -0.4 is 14.8 Å². The van der Waals surface area contributed by atoms with Gasteiger partial charge in [0.15, 0.2) is 6.61 Å². The Kier molecular flexibility index (Phi) is 5.61. The molecule has 1 amide bonds. The van der Waals surface area contributed by atoms with E-state index in [4.69, 9.17) is 14.5 Å². The maximum atomic E-state index is 12.5. The van der Waals surface area contributed by atoms with E-state index < -0.39 is 0 Å². The van der Waals surface area contributed by atoms with Crippen LogP contribution >= 0.6 is 0 Å². The number of pyridine rings is 1. The van der Waals surface area contributed by atoms with Crippen molar-refractivity contribution in [2.24, 2.45) is 0 Å². The standard InChI is InChI=1S/C25H22N2O3/c1-17-11-13-18(14-12-17)22-15-24(19-7-3-4-8-20(19)26-22)30-16-25(28)27-21-9-5-6-10-23(21)29-2/h3-15H,16H2,1-2H3,(H,27,28). The van der Waals surface area contributed by atoms with Gasteiger partial charge in [0, 0.05) is 17.0 Å². The molecule has 0 fully saturated rings. The highest BCUT2D eigenvalue weighted by Gasteiger charge is 2.12. The van der Waals surface area contributed by atoms with Crippen LogP contribution in [-0.4, -0.2) is 24.6 Å². The van der Waals surface area contributed by atoms with Crippen LogP contribution in [0.4, 0.5) is 5.69 Å². The van der Waals surface area contributed by atoms with E-state index in [2.05, 4.69) is 5.32 Å². The van der Waals surface area contributed by atoms with E-state index in [1.165, 1.54) is 5.56 Å². The summed E-state index contributed by atoms with van der Waals surface area (Å²) in [6, 6.07) is 25.0. The van der Waals surface area contributed by atoms with Crippen molar-refractivity contribution < 1.29 is 14.3 Å². The second kappa shape index (κ2) is 8.66. The van der Waals surface area contributed by atoms with Crippen LogP contribution in [0.1, 0.15) is 5.56 Å². The number of ether oxygens (including phenoxy) is 2. The summed E-state index contributed by atoms with van der Waals surface area (Å²) in [4.78, 5) is 17.2. The van der Waals surface area contributed by atoms with Gasteiger partial charge in [-0.15, -0.1) is 0 Å². The molecule has 150 valence electrons. The number of nitrogens with one attached hydrogen (secondary N) is 1. The van der Waals surface area contributed by atoms with Gasteiger partial charge >= 0.3 is 0 Å². The molecule has 4 rings (SSSR count). The van der Waals surface area contributed by atoms with Gasteiger partial charge in [-0.2, -0.15) is 0 Å². The van der Waals surface area contributed by atoms with E-state index in [-0.39, 0.29) is 12.5 Å². The van der Waals surface area contributed by atoms with Gasteiger partial charge in [0.1, 0.15) is 11.5 Å². The number of aryl methyl sites for hydroxylation is 1.